The molecule has 0 radical (unpaired) electrons. The lowest BCUT2D eigenvalue weighted by molar-refractivity contribution is 0.670. The first-order chi connectivity index (χ1) is 11.8. The molecule has 0 N–H and O–H groups in total. The molecule has 5 aromatic rings. The van der Waals surface area contributed by atoms with E-state index in [1.54, 1.807) is 6.07 Å². The van der Waals surface area contributed by atoms with Gasteiger partial charge < -0.3 is 4.42 Å². The number of hydrogen-bond acceptors (Lipinski definition) is 1. The second-order valence-electron chi connectivity index (χ2n) is 5.73. The van der Waals surface area contributed by atoms with Crippen molar-refractivity contribution in [3.63, 3.8) is 0 Å². The average molecular weight is 295 g/mol. The monoisotopic (exact) mass is 295 g/mol. The number of hydrogen-bond donors (Lipinski definition) is 0. The van der Waals surface area contributed by atoms with E-state index in [2.05, 4.69) is 36.4 Å². The van der Waals surface area contributed by atoms with Crippen LogP contribution in [0.5, 0.6) is 0 Å². The maximum absolute atomic E-state index is 8.19. The SMILES string of the molecule is [2H]c1cccc2c1oc1c(-c3ccccc3)cc3ccccc3c12. The molecule has 1 nitrogen and oxygen atoms in total. The molecule has 23 heavy (non-hydrogen) atoms. The summed E-state index contributed by atoms with van der Waals surface area (Å²) in [6, 6.07) is 27.0. The summed E-state index contributed by atoms with van der Waals surface area (Å²) >= 11 is 0. The molecule has 0 bridgehead atoms. The molecule has 4 aromatic carbocycles. The highest BCUT2D eigenvalue weighted by Crippen LogP contribution is 2.40. The number of furan rings is 1. The topological polar surface area (TPSA) is 13.1 Å². The summed E-state index contributed by atoms with van der Waals surface area (Å²) in [6.45, 7) is 0. The van der Waals surface area contributed by atoms with Crippen LogP contribution in [-0.2, 0) is 0 Å². The average Bonchev–Trinajstić information content (AvgIpc) is 3.03. The van der Waals surface area contributed by atoms with Gasteiger partial charge in [-0.25, -0.2) is 0 Å². The summed E-state index contributed by atoms with van der Waals surface area (Å²) in [5.41, 5.74) is 3.70. The molecule has 108 valence electrons. The summed E-state index contributed by atoms with van der Waals surface area (Å²) in [7, 11) is 0. The first-order valence-electron chi connectivity index (χ1n) is 8.22. The number of benzene rings is 4. The number of para-hydroxylation sites is 1. The Balaban J connectivity index is 2.06. The Labute approximate surface area is 135 Å². The molecule has 0 amide bonds. The van der Waals surface area contributed by atoms with Gasteiger partial charge in [0.2, 0.25) is 0 Å². The van der Waals surface area contributed by atoms with Gasteiger partial charge in [-0.15, -0.1) is 0 Å². The van der Waals surface area contributed by atoms with Gasteiger partial charge in [-0.1, -0.05) is 72.8 Å². The molecule has 0 spiro atoms. The second kappa shape index (κ2) is 4.72. The van der Waals surface area contributed by atoms with Crippen molar-refractivity contribution in [2.45, 2.75) is 0 Å². The van der Waals surface area contributed by atoms with Gasteiger partial charge in [0.15, 0.2) is 0 Å². The van der Waals surface area contributed by atoms with Crippen molar-refractivity contribution in [2.24, 2.45) is 0 Å². The Morgan fingerprint density at radius 2 is 1.48 bits per heavy atom. The first-order valence-corrected chi connectivity index (χ1v) is 7.72. The Morgan fingerprint density at radius 3 is 2.39 bits per heavy atom. The van der Waals surface area contributed by atoms with Gasteiger partial charge >= 0.3 is 0 Å². The van der Waals surface area contributed by atoms with Gasteiger partial charge in [0.05, 0.1) is 1.37 Å². The van der Waals surface area contributed by atoms with Crippen molar-refractivity contribution in [3.8, 4) is 11.1 Å². The van der Waals surface area contributed by atoms with E-state index in [0.29, 0.717) is 11.6 Å². The minimum absolute atomic E-state index is 0.423. The van der Waals surface area contributed by atoms with Crippen molar-refractivity contribution in [1.29, 1.82) is 0 Å². The largest absolute Gasteiger partial charge is 0.455 e. The summed E-state index contributed by atoms with van der Waals surface area (Å²) in [5.74, 6) is 0. The zero-order chi connectivity index (χ0) is 16.1. The van der Waals surface area contributed by atoms with Crippen LogP contribution in [0.1, 0.15) is 1.37 Å². The Morgan fingerprint density at radius 1 is 0.739 bits per heavy atom. The normalized spacial score (nSPS) is 12.1. The fourth-order valence-electron chi connectivity index (χ4n) is 3.34. The highest BCUT2D eigenvalue weighted by Gasteiger charge is 2.15. The minimum atomic E-state index is 0.423. The molecule has 1 heteroatoms. The standard InChI is InChI=1S/C22H14O/c1-2-8-15(9-3-1)19-14-16-10-4-5-11-17(16)21-18-12-6-7-13-20(18)23-22(19)21/h1-14H/i13D. The van der Waals surface area contributed by atoms with Gasteiger partial charge in [0.1, 0.15) is 11.2 Å². The van der Waals surface area contributed by atoms with Crippen LogP contribution in [0.4, 0.5) is 0 Å². The molecular weight excluding hydrogens is 280 g/mol. The number of fused-ring (bicyclic) bond motifs is 5. The molecule has 0 aliphatic rings. The zero-order valence-electron chi connectivity index (χ0n) is 13.4. The molecule has 0 atom stereocenters. The van der Waals surface area contributed by atoms with Crippen LogP contribution in [0, 0.1) is 0 Å². The van der Waals surface area contributed by atoms with Gasteiger partial charge in [0.25, 0.3) is 0 Å². The summed E-state index contributed by atoms with van der Waals surface area (Å²) < 4.78 is 14.4. The van der Waals surface area contributed by atoms with Crippen molar-refractivity contribution >= 4 is 32.7 Å². The van der Waals surface area contributed by atoms with Crippen LogP contribution in [0.25, 0.3) is 43.8 Å². The highest BCUT2D eigenvalue weighted by atomic mass is 16.3. The summed E-state index contributed by atoms with van der Waals surface area (Å²) in [6.07, 6.45) is 0. The van der Waals surface area contributed by atoms with E-state index >= 15 is 0 Å². The van der Waals surface area contributed by atoms with E-state index in [1.807, 2.05) is 36.4 Å². The van der Waals surface area contributed by atoms with Crippen molar-refractivity contribution in [1.82, 2.24) is 0 Å². The first kappa shape index (κ1) is 11.5. The van der Waals surface area contributed by atoms with E-state index < -0.39 is 0 Å². The van der Waals surface area contributed by atoms with E-state index in [1.165, 1.54) is 5.39 Å². The molecule has 0 saturated carbocycles. The van der Waals surface area contributed by atoms with E-state index in [0.717, 1.165) is 32.9 Å². The minimum Gasteiger partial charge on any atom is -0.455 e. The molecule has 0 aliphatic heterocycles. The second-order valence-corrected chi connectivity index (χ2v) is 5.73. The van der Waals surface area contributed by atoms with Crippen LogP contribution >= 0.6 is 0 Å². The quantitative estimate of drug-likeness (QED) is 0.348. The molecule has 0 saturated heterocycles. The predicted octanol–water partition coefficient (Wildman–Crippen LogP) is 6.41. The lowest BCUT2D eigenvalue weighted by atomic mass is 9.96. The third-order valence-electron chi connectivity index (χ3n) is 4.38. The van der Waals surface area contributed by atoms with Crippen LogP contribution < -0.4 is 0 Å². The number of rotatable bonds is 1. The maximum Gasteiger partial charge on any atom is 0.143 e. The van der Waals surface area contributed by atoms with Crippen LogP contribution in [0.15, 0.2) is 89.3 Å². The van der Waals surface area contributed by atoms with Gasteiger partial charge in [-0.3, -0.25) is 0 Å². The third kappa shape index (κ3) is 1.80. The lowest BCUT2D eigenvalue weighted by Crippen LogP contribution is -1.81. The van der Waals surface area contributed by atoms with E-state index in [4.69, 9.17) is 5.79 Å². The maximum atomic E-state index is 8.19. The Hall–Kier alpha value is -3.06. The molecule has 5 rings (SSSR count). The van der Waals surface area contributed by atoms with Gasteiger partial charge in [-0.05, 0) is 28.4 Å². The summed E-state index contributed by atoms with van der Waals surface area (Å²) in [5, 5.41) is 4.45. The highest BCUT2D eigenvalue weighted by molar-refractivity contribution is 6.22. The molecule has 0 aliphatic carbocycles. The van der Waals surface area contributed by atoms with Crippen LogP contribution in [0.3, 0.4) is 0 Å². The molecular formula is C22H14O. The Kier molecular flexibility index (Phi) is 2.36. The zero-order valence-corrected chi connectivity index (χ0v) is 12.4. The van der Waals surface area contributed by atoms with Crippen LogP contribution in [-0.4, -0.2) is 0 Å². The Bertz CT molecular complexity index is 1200. The van der Waals surface area contributed by atoms with E-state index in [-0.39, 0.29) is 0 Å². The predicted molar refractivity (Wildman–Crippen MR) is 96.7 cm³/mol. The lowest BCUT2D eigenvalue weighted by Gasteiger charge is -2.06. The van der Waals surface area contributed by atoms with Gasteiger partial charge in [0, 0.05) is 16.3 Å². The van der Waals surface area contributed by atoms with Crippen LogP contribution in [0.2, 0.25) is 0 Å². The van der Waals surface area contributed by atoms with Crippen molar-refractivity contribution < 1.29 is 5.79 Å². The summed E-state index contributed by atoms with van der Waals surface area (Å²) in [4.78, 5) is 0. The van der Waals surface area contributed by atoms with Gasteiger partial charge in [-0.2, -0.15) is 0 Å². The molecule has 1 aromatic heterocycles. The fourth-order valence-corrected chi connectivity index (χ4v) is 3.34. The van der Waals surface area contributed by atoms with E-state index in [9.17, 15) is 0 Å². The fraction of sp³-hybridized carbons (Fsp3) is 0. The van der Waals surface area contributed by atoms with Crippen molar-refractivity contribution in [3.05, 3.63) is 84.9 Å². The third-order valence-corrected chi connectivity index (χ3v) is 4.38. The molecule has 0 fully saturated rings. The van der Waals surface area contributed by atoms with Crippen molar-refractivity contribution in [2.75, 3.05) is 0 Å². The smallest absolute Gasteiger partial charge is 0.143 e. The molecule has 0 unspecified atom stereocenters. The molecule has 1 heterocycles.